The summed E-state index contributed by atoms with van der Waals surface area (Å²) in [6, 6.07) is 3.67. The molecule has 0 bridgehead atoms. The van der Waals surface area contributed by atoms with Crippen LogP contribution < -0.4 is 5.32 Å². The van der Waals surface area contributed by atoms with E-state index in [9.17, 15) is 9.59 Å². The minimum Gasteiger partial charge on any atom is -0.480 e. The number of halogens is 2. The van der Waals surface area contributed by atoms with Crippen molar-refractivity contribution in [3.05, 3.63) is 33.8 Å². The molecule has 1 aromatic carbocycles. The van der Waals surface area contributed by atoms with E-state index < -0.39 is 17.9 Å². The van der Waals surface area contributed by atoms with Crippen LogP contribution in [0.15, 0.2) is 23.2 Å². The molecule has 0 aliphatic carbocycles. The lowest BCUT2D eigenvalue weighted by Gasteiger charge is -2.04. The molecule has 1 heterocycles. The van der Waals surface area contributed by atoms with Gasteiger partial charge in [0.15, 0.2) is 11.2 Å². The van der Waals surface area contributed by atoms with Crippen LogP contribution >= 0.6 is 35.0 Å². The van der Waals surface area contributed by atoms with Crippen molar-refractivity contribution in [3.8, 4) is 0 Å². The Bertz CT molecular complexity index is 577. The van der Waals surface area contributed by atoms with Crippen molar-refractivity contribution in [3.63, 3.8) is 0 Å². The number of thioether (sulfide) groups is 1. The van der Waals surface area contributed by atoms with Crippen LogP contribution in [0.1, 0.15) is 10.4 Å². The van der Waals surface area contributed by atoms with Gasteiger partial charge in [-0.25, -0.2) is 9.79 Å². The van der Waals surface area contributed by atoms with Crippen LogP contribution in [0.2, 0.25) is 10.0 Å². The van der Waals surface area contributed by atoms with Crippen molar-refractivity contribution in [2.45, 2.75) is 6.04 Å². The maximum atomic E-state index is 11.9. The molecule has 1 aromatic rings. The Morgan fingerprint density at radius 3 is 2.68 bits per heavy atom. The minimum absolute atomic E-state index is 0.277. The Morgan fingerprint density at radius 2 is 2.11 bits per heavy atom. The van der Waals surface area contributed by atoms with Crippen LogP contribution in [0.3, 0.4) is 0 Å². The zero-order chi connectivity index (χ0) is 14.0. The zero-order valence-electron chi connectivity index (χ0n) is 9.39. The van der Waals surface area contributed by atoms with Crippen molar-refractivity contribution in [2.75, 3.05) is 5.75 Å². The first-order chi connectivity index (χ1) is 8.97. The Hall–Kier alpha value is -1.24. The number of hydrogen-bond donors (Lipinski definition) is 2. The van der Waals surface area contributed by atoms with E-state index in [-0.39, 0.29) is 5.02 Å². The van der Waals surface area contributed by atoms with Crippen molar-refractivity contribution >= 4 is 52.0 Å². The number of carbonyl (C=O) groups is 2. The molecule has 1 aliphatic heterocycles. The molecule has 2 N–H and O–H groups in total. The second-order valence-corrected chi connectivity index (χ2v) is 5.51. The fourth-order valence-corrected chi connectivity index (χ4v) is 2.57. The van der Waals surface area contributed by atoms with Gasteiger partial charge in [0.2, 0.25) is 0 Å². The number of benzene rings is 1. The van der Waals surface area contributed by atoms with Crippen molar-refractivity contribution < 1.29 is 14.7 Å². The number of aliphatic imine (C=N–C) groups is 1. The number of amides is 1. The van der Waals surface area contributed by atoms with Gasteiger partial charge in [0.25, 0.3) is 5.91 Å². The van der Waals surface area contributed by atoms with Crippen LogP contribution in [-0.2, 0) is 4.79 Å². The Labute approximate surface area is 123 Å². The molecule has 19 heavy (non-hydrogen) atoms. The van der Waals surface area contributed by atoms with Gasteiger partial charge in [-0.1, -0.05) is 35.0 Å². The lowest BCUT2D eigenvalue weighted by molar-refractivity contribution is -0.137. The predicted octanol–water partition coefficient (Wildman–Crippen LogP) is 2.28. The normalized spacial score (nSPS) is 18.0. The van der Waals surface area contributed by atoms with E-state index in [0.717, 1.165) is 0 Å². The second kappa shape index (κ2) is 5.81. The van der Waals surface area contributed by atoms with E-state index in [1.807, 2.05) is 0 Å². The number of nitrogens with one attached hydrogen (secondary N) is 1. The van der Waals surface area contributed by atoms with Gasteiger partial charge in [0, 0.05) is 11.3 Å². The third kappa shape index (κ3) is 3.40. The highest BCUT2D eigenvalue weighted by Crippen LogP contribution is 2.23. The zero-order valence-corrected chi connectivity index (χ0v) is 11.7. The van der Waals surface area contributed by atoms with Gasteiger partial charge in [-0.05, 0) is 18.2 Å². The Balaban J connectivity index is 2.07. The van der Waals surface area contributed by atoms with Gasteiger partial charge < -0.3 is 10.4 Å². The molecule has 100 valence electrons. The van der Waals surface area contributed by atoms with Crippen LogP contribution in [0.4, 0.5) is 0 Å². The lowest BCUT2D eigenvalue weighted by Crippen LogP contribution is -2.27. The molecular weight excluding hydrogens is 311 g/mol. The smallest absolute Gasteiger partial charge is 0.329 e. The summed E-state index contributed by atoms with van der Waals surface area (Å²) < 4.78 is 0. The summed E-state index contributed by atoms with van der Waals surface area (Å²) in [6.45, 7) is 0. The molecule has 0 fully saturated rings. The largest absolute Gasteiger partial charge is 0.480 e. The van der Waals surface area contributed by atoms with Crippen molar-refractivity contribution in [2.24, 2.45) is 4.99 Å². The van der Waals surface area contributed by atoms with E-state index in [1.54, 1.807) is 0 Å². The molecule has 1 amide bonds. The van der Waals surface area contributed by atoms with Crippen LogP contribution in [0.25, 0.3) is 0 Å². The second-order valence-electron chi connectivity index (χ2n) is 3.68. The van der Waals surface area contributed by atoms with Gasteiger partial charge >= 0.3 is 5.97 Å². The monoisotopic (exact) mass is 318 g/mol. The maximum Gasteiger partial charge on any atom is 0.329 e. The molecular formula is C11H8Cl2N2O3S. The van der Waals surface area contributed by atoms with Gasteiger partial charge in [-0.3, -0.25) is 4.79 Å². The highest BCUT2D eigenvalue weighted by atomic mass is 35.5. The molecule has 8 heteroatoms. The lowest BCUT2D eigenvalue weighted by atomic mass is 10.2. The fraction of sp³-hybridized carbons (Fsp3) is 0.182. The molecule has 5 nitrogen and oxygen atoms in total. The summed E-state index contributed by atoms with van der Waals surface area (Å²) in [4.78, 5) is 26.5. The number of nitrogens with zero attached hydrogens (tertiary/aromatic N) is 1. The third-order valence-electron chi connectivity index (χ3n) is 2.34. The summed E-state index contributed by atoms with van der Waals surface area (Å²) in [7, 11) is 0. The topological polar surface area (TPSA) is 78.8 Å². The number of amidine groups is 1. The van der Waals surface area contributed by atoms with Crippen LogP contribution in [-0.4, -0.2) is 33.9 Å². The first-order valence-electron chi connectivity index (χ1n) is 5.17. The predicted molar refractivity (Wildman–Crippen MR) is 75.2 cm³/mol. The molecule has 0 saturated carbocycles. The number of aliphatic carboxylic acids is 1. The summed E-state index contributed by atoms with van der Waals surface area (Å²) in [5.41, 5.74) is 0.330. The molecule has 2 rings (SSSR count). The summed E-state index contributed by atoms with van der Waals surface area (Å²) >= 11 is 12.8. The molecule has 0 aromatic heterocycles. The summed E-state index contributed by atoms with van der Waals surface area (Å²) in [5, 5.41) is 12.2. The van der Waals surface area contributed by atoms with Crippen molar-refractivity contribution in [1.82, 2.24) is 5.32 Å². The van der Waals surface area contributed by atoms with E-state index in [4.69, 9.17) is 28.3 Å². The van der Waals surface area contributed by atoms with Crippen molar-refractivity contribution in [1.29, 1.82) is 0 Å². The van der Waals surface area contributed by atoms with E-state index in [2.05, 4.69) is 10.3 Å². The Kier molecular flexibility index (Phi) is 4.34. The van der Waals surface area contributed by atoms with Gasteiger partial charge in [0.1, 0.15) is 0 Å². The van der Waals surface area contributed by atoms with E-state index >= 15 is 0 Å². The molecule has 1 aliphatic rings. The number of carboxylic acid groups (broad SMARTS) is 1. The number of hydrogen-bond acceptors (Lipinski definition) is 4. The number of carboxylic acids is 1. The van der Waals surface area contributed by atoms with E-state index in [1.165, 1.54) is 30.0 Å². The third-order valence-corrected chi connectivity index (χ3v) is 4.04. The van der Waals surface area contributed by atoms with E-state index in [0.29, 0.717) is 21.5 Å². The molecule has 0 radical (unpaired) electrons. The quantitative estimate of drug-likeness (QED) is 0.876. The molecule has 1 atom stereocenters. The SMILES string of the molecule is O=C(NC1=NC(C(=O)O)CS1)c1ccc(Cl)c(Cl)c1. The minimum atomic E-state index is -1.01. The van der Waals surface area contributed by atoms with Gasteiger partial charge in [-0.15, -0.1) is 0 Å². The Morgan fingerprint density at radius 1 is 1.37 bits per heavy atom. The van der Waals surface area contributed by atoms with Crippen LogP contribution in [0, 0.1) is 0 Å². The molecule has 0 saturated heterocycles. The standard InChI is InChI=1S/C11H8Cl2N2O3S/c12-6-2-1-5(3-7(6)13)9(16)15-11-14-8(4-19-11)10(17)18/h1-3,8H,4H2,(H,17,18)(H,14,15,16). The average molecular weight is 319 g/mol. The number of carbonyl (C=O) groups excluding carboxylic acids is 1. The fourth-order valence-electron chi connectivity index (χ4n) is 1.38. The first kappa shape index (κ1) is 14.2. The summed E-state index contributed by atoms with van der Waals surface area (Å²) in [6.07, 6.45) is 0. The van der Waals surface area contributed by atoms with Crippen LogP contribution in [0.5, 0.6) is 0 Å². The number of rotatable bonds is 2. The highest BCUT2D eigenvalue weighted by Gasteiger charge is 2.25. The maximum absolute atomic E-state index is 11.9. The average Bonchev–Trinajstić information content (AvgIpc) is 2.81. The molecule has 0 spiro atoms. The molecule has 1 unspecified atom stereocenters. The van der Waals surface area contributed by atoms with Gasteiger partial charge in [0.05, 0.1) is 10.0 Å². The van der Waals surface area contributed by atoms with Gasteiger partial charge in [-0.2, -0.15) is 0 Å². The first-order valence-corrected chi connectivity index (χ1v) is 6.91. The summed E-state index contributed by atoms with van der Waals surface area (Å²) in [5.74, 6) is -1.10. The highest BCUT2D eigenvalue weighted by molar-refractivity contribution is 8.14.